The van der Waals surface area contributed by atoms with E-state index < -0.39 is 24.8 Å². The summed E-state index contributed by atoms with van der Waals surface area (Å²) in [5.41, 5.74) is -1.34. The Hall–Kier alpha value is -4.69. The molecule has 45 heavy (non-hydrogen) atoms. The fourth-order valence-corrected chi connectivity index (χ4v) is 5.90. The van der Waals surface area contributed by atoms with Crippen molar-refractivity contribution in [1.29, 1.82) is 0 Å². The number of benzene rings is 2. The molecule has 1 N–H and O–H groups in total. The summed E-state index contributed by atoms with van der Waals surface area (Å²) in [6, 6.07) is 11.2. The van der Waals surface area contributed by atoms with Crippen LogP contribution in [0.1, 0.15) is 27.1 Å². The zero-order chi connectivity index (χ0) is 32.7. The number of carboxylic acids is 1. The zero-order valence-corrected chi connectivity index (χ0v) is 26.5. The maximum absolute atomic E-state index is 14.1. The van der Waals surface area contributed by atoms with Crippen LogP contribution < -0.4 is 28.4 Å². The number of rotatable bonds is 14. The summed E-state index contributed by atoms with van der Waals surface area (Å²) < 4.78 is 57.6. The van der Waals surface area contributed by atoms with Crippen molar-refractivity contribution >= 4 is 25.2 Å². The first-order valence-electron chi connectivity index (χ1n) is 12.8. The van der Waals surface area contributed by atoms with E-state index in [9.17, 15) is 14.5 Å². The van der Waals surface area contributed by atoms with Gasteiger partial charge in [0, 0.05) is 24.8 Å². The largest absolute Gasteiger partial charge is 0.481 e. The third-order valence-electron chi connectivity index (χ3n) is 6.22. The van der Waals surface area contributed by atoms with Gasteiger partial charge in [0.1, 0.15) is 17.0 Å². The molecular weight excluding hydrogens is 635 g/mol. The lowest BCUT2D eigenvalue weighted by atomic mass is 9.99. The third-order valence-corrected chi connectivity index (χ3v) is 8.70. The second-order valence-electron chi connectivity index (χ2n) is 8.70. The number of hydrogen-bond acceptors (Lipinski definition) is 14. The molecule has 0 spiro atoms. The number of aromatic nitrogens is 4. The predicted octanol–water partition coefficient (Wildman–Crippen LogP) is 5.81. The number of methoxy groups -OCH3 is 4. The molecule has 2 aromatic heterocycles. The van der Waals surface area contributed by atoms with Crippen LogP contribution in [0.5, 0.6) is 47.0 Å². The lowest BCUT2D eigenvalue weighted by Crippen LogP contribution is -2.12. The van der Waals surface area contributed by atoms with Gasteiger partial charge in [0.25, 0.3) is 0 Å². The van der Waals surface area contributed by atoms with E-state index in [1.165, 1.54) is 66.9 Å². The second kappa shape index (κ2) is 14.4. The van der Waals surface area contributed by atoms with Gasteiger partial charge >= 0.3 is 25.6 Å². The summed E-state index contributed by atoms with van der Waals surface area (Å²) in [5, 5.41) is 10.9. The molecule has 4 aromatic rings. The zero-order valence-electron chi connectivity index (χ0n) is 24.8. The summed E-state index contributed by atoms with van der Waals surface area (Å²) in [4.78, 5) is 29.5. The minimum absolute atomic E-state index is 0.0450. The Labute approximate surface area is 262 Å². The van der Waals surface area contributed by atoms with Gasteiger partial charge in [-0.3, -0.25) is 4.57 Å². The van der Waals surface area contributed by atoms with Gasteiger partial charge in [0.05, 0.1) is 40.6 Å². The van der Waals surface area contributed by atoms with Crippen LogP contribution in [0, 0.1) is 0 Å². The number of carbonyl (C=O) groups is 1. The quantitative estimate of drug-likeness (QED) is 0.160. The van der Waals surface area contributed by atoms with Gasteiger partial charge in [-0.25, -0.2) is 4.79 Å². The molecule has 0 aliphatic heterocycles. The molecule has 0 aliphatic carbocycles. The first kappa shape index (κ1) is 33.2. The minimum Gasteiger partial charge on any atom is -0.481 e. The summed E-state index contributed by atoms with van der Waals surface area (Å²) in [6.45, 7) is 0. The van der Waals surface area contributed by atoms with Crippen LogP contribution in [-0.4, -0.2) is 73.7 Å². The Balaban J connectivity index is 2.03. The highest BCUT2D eigenvalue weighted by Crippen LogP contribution is 2.64. The number of nitrogens with zero attached hydrogens (tertiary/aromatic N) is 4. The molecule has 238 valence electrons. The monoisotopic (exact) mass is 662 g/mol. The Morgan fingerprint density at radius 1 is 0.733 bits per heavy atom. The normalized spacial score (nSPS) is 11.8. The van der Waals surface area contributed by atoms with Crippen LogP contribution in [0.15, 0.2) is 48.5 Å². The van der Waals surface area contributed by atoms with Crippen LogP contribution in [0.4, 0.5) is 0 Å². The Bertz CT molecular complexity index is 1670. The van der Waals surface area contributed by atoms with Crippen molar-refractivity contribution in [3.8, 4) is 47.0 Å². The van der Waals surface area contributed by atoms with Crippen molar-refractivity contribution in [2.24, 2.45) is 0 Å². The van der Waals surface area contributed by atoms with E-state index in [4.69, 9.17) is 49.1 Å². The van der Waals surface area contributed by atoms with Crippen LogP contribution >= 0.6 is 19.2 Å². The molecule has 0 aliphatic rings. The lowest BCUT2D eigenvalue weighted by molar-refractivity contribution is 0.0690. The average Bonchev–Trinajstić information content (AvgIpc) is 3.05. The van der Waals surface area contributed by atoms with Crippen molar-refractivity contribution in [2.75, 3.05) is 42.7 Å². The number of ether oxygens (including phenoxy) is 6. The van der Waals surface area contributed by atoms with Gasteiger partial charge in [0.15, 0.2) is 5.75 Å². The second-order valence-corrected chi connectivity index (χ2v) is 11.5. The molecule has 1 atom stereocenters. The van der Waals surface area contributed by atoms with E-state index >= 15 is 0 Å². The van der Waals surface area contributed by atoms with Crippen molar-refractivity contribution in [3.63, 3.8) is 0 Å². The molecule has 15 nitrogen and oxygen atoms in total. The van der Waals surface area contributed by atoms with E-state index in [1.54, 1.807) is 24.3 Å². The van der Waals surface area contributed by atoms with Gasteiger partial charge in [-0.2, -0.15) is 19.9 Å². The molecule has 0 fully saturated rings. The van der Waals surface area contributed by atoms with Crippen molar-refractivity contribution < 1.29 is 51.9 Å². The fraction of sp³-hybridized carbons (Fsp3) is 0.250. The molecule has 4 rings (SSSR count). The van der Waals surface area contributed by atoms with Crippen LogP contribution in [-0.2, 0) is 13.6 Å². The minimum atomic E-state index is -4.07. The third kappa shape index (κ3) is 7.35. The topological polar surface area (TPSA) is 180 Å². The Morgan fingerprint density at radius 2 is 1.20 bits per heavy atom. The van der Waals surface area contributed by atoms with Gasteiger partial charge in [-0.1, -0.05) is 29.8 Å². The molecule has 17 heteroatoms. The summed E-state index contributed by atoms with van der Waals surface area (Å²) in [7, 11) is 3.80. The number of carboxylic acid groups (broad SMARTS) is 1. The summed E-state index contributed by atoms with van der Waals surface area (Å²) >= 11 is 6.13. The summed E-state index contributed by atoms with van der Waals surface area (Å²) in [5.74, 6) is -1.89. The molecular formula is C28H28ClN4O11P. The highest BCUT2D eigenvalue weighted by Gasteiger charge is 2.41. The van der Waals surface area contributed by atoms with E-state index in [0.29, 0.717) is 10.6 Å². The maximum Gasteiger partial charge on any atom is 0.343 e. The average molecular weight is 663 g/mol. The molecule has 0 radical (unpaired) electrons. The van der Waals surface area contributed by atoms with Gasteiger partial charge in [0.2, 0.25) is 23.5 Å². The standard InChI is InChI=1S/C28H28ClN4O11P/c1-37-19-13-20(38-2)31-27(30-19)43-18-12-11-17(25(45(36,41-5)42-6)15-7-9-16(29)10-8-15)24(23(18)26(34)35)44-28-32-21(39-3)14-22(33-28)40-4/h7-14,25H,1-6H3,(H,34,35). The van der Waals surface area contributed by atoms with E-state index in [-0.39, 0.29) is 52.6 Å². The van der Waals surface area contributed by atoms with Crippen LogP contribution in [0.25, 0.3) is 0 Å². The number of halogens is 1. The SMILES string of the molecule is COc1cc(OC)nc(Oc2ccc(C(c3ccc(Cl)cc3)P(=O)(OC)OC)c(Oc3nc(OC)cc(OC)n3)c2C(=O)O)n1. The van der Waals surface area contributed by atoms with E-state index in [2.05, 4.69) is 19.9 Å². The van der Waals surface area contributed by atoms with Crippen molar-refractivity contribution in [2.45, 2.75) is 5.66 Å². The molecule has 0 amide bonds. The molecule has 0 saturated carbocycles. The highest BCUT2D eigenvalue weighted by atomic mass is 35.5. The predicted molar refractivity (Wildman–Crippen MR) is 159 cm³/mol. The maximum atomic E-state index is 14.1. The molecule has 2 heterocycles. The van der Waals surface area contributed by atoms with E-state index in [0.717, 1.165) is 0 Å². The Morgan fingerprint density at radius 3 is 1.62 bits per heavy atom. The molecule has 0 bridgehead atoms. The lowest BCUT2D eigenvalue weighted by Gasteiger charge is -2.27. The van der Waals surface area contributed by atoms with Gasteiger partial charge in [-0.05, 0) is 23.8 Å². The Kier molecular flexibility index (Phi) is 10.6. The van der Waals surface area contributed by atoms with Crippen LogP contribution in [0.3, 0.4) is 0 Å². The van der Waals surface area contributed by atoms with Crippen molar-refractivity contribution in [3.05, 3.63) is 70.2 Å². The molecule has 0 saturated heterocycles. The van der Waals surface area contributed by atoms with Gasteiger partial charge < -0.3 is 42.6 Å². The first-order valence-corrected chi connectivity index (χ1v) is 14.7. The smallest absolute Gasteiger partial charge is 0.343 e. The number of aromatic carboxylic acids is 1. The first-order chi connectivity index (χ1) is 21.6. The molecule has 1 unspecified atom stereocenters. The van der Waals surface area contributed by atoms with Gasteiger partial charge in [-0.15, -0.1) is 0 Å². The highest BCUT2D eigenvalue weighted by molar-refractivity contribution is 7.54. The number of hydrogen-bond donors (Lipinski definition) is 1. The van der Waals surface area contributed by atoms with E-state index in [1.807, 2.05) is 0 Å². The molecule has 2 aromatic carbocycles. The van der Waals surface area contributed by atoms with Crippen molar-refractivity contribution in [1.82, 2.24) is 19.9 Å². The van der Waals surface area contributed by atoms with Crippen LogP contribution in [0.2, 0.25) is 5.02 Å². The fourth-order valence-electron chi connectivity index (χ4n) is 4.12. The summed E-state index contributed by atoms with van der Waals surface area (Å²) in [6.07, 6.45) is 0.